The largest absolute Gasteiger partial charge is 0.397 e. The van der Waals surface area contributed by atoms with Gasteiger partial charge in [-0.15, -0.1) is 11.6 Å². The van der Waals surface area contributed by atoms with Crippen LogP contribution in [0.5, 0.6) is 0 Å². The molecule has 1 aliphatic heterocycles. The van der Waals surface area contributed by atoms with Crippen LogP contribution in [-0.2, 0) is 4.79 Å². The lowest BCUT2D eigenvalue weighted by atomic mass is 10.1. The lowest BCUT2D eigenvalue weighted by Gasteiger charge is -2.19. The minimum absolute atomic E-state index is 0.0802. The summed E-state index contributed by atoms with van der Waals surface area (Å²) in [6, 6.07) is 3.65. The zero-order valence-electron chi connectivity index (χ0n) is 8.92. The van der Waals surface area contributed by atoms with Crippen LogP contribution in [0.1, 0.15) is 6.42 Å². The van der Waals surface area contributed by atoms with Gasteiger partial charge in [-0.25, -0.2) is 0 Å². The minimum atomic E-state index is 0.0802. The number of carbonyl (C=O) groups is 1. The average molecular weight is 382 g/mol. The van der Waals surface area contributed by atoms with E-state index < -0.39 is 0 Å². The topological polar surface area (TPSA) is 46.3 Å². The second-order valence-electron chi connectivity index (χ2n) is 4.05. The van der Waals surface area contributed by atoms with E-state index in [-0.39, 0.29) is 11.8 Å². The van der Waals surface area contributed by atoms with E-state index in [1.165, 1.54) is 0 Å². The number of nitrogens with zero attached hydrogens (tertiary/aromatic N) is 1. The molecule has 2 rings (SSSR count). The fourth-order valence-corrected chi connectivity index (χ4v) is 2.80. The Hall–Kier alpha value is -0.260. The Balaban J connectivity index is 2.35. The van der Waals surface area contributed by atoms with Crippen molar-refractivity contribution in [3.8, 4) is 0 Å². The van der Waals surface area contributed by atoms with Gasteiger partial charge >= 0.3 is 0 Å². The van der Waals surface area contributed by atoms with E-state index in [4.69, 9.17) is 17.3 Å². The van der Waals surface area contributed by atoms with Gasteiger partial charge in [0.05, 0.1) is 11.4 Å². The van der Waals surface area contributed by atoms with Crippen molar-refractivity contribution in [1.29, 1.82) is 0 Å². The molecule has 1 saturated heterocycles. The number of amides is 1. The van der Waals surface area contributed by atoms with Gasteiger partial charge in [0.2, 0.25) is 5.91 Å². The highest BCUT2D eigenvalue weighted by molar-refractivity contribution is 9.13. The van der Waals surface area contributed by atoms with Crippen LogP contribution in [0.25, 0.3) is 0 Å². The summed E-state index contributed by atoms with van der Waals surface area (Å²) in [5, 5.41) is 0. The molecule has 17 heavy (non-hydrogen) atoms. The minimum Gasteiger partial charge on any atom is -0.397 e. The molecule has 1 aromatic rings. The van der Waals surface area contributed by atoms with Crippen LogP contribution in [0.2, 0.25) is 0 Å². The molecule has 3 nitrogen and oxygen atoms in total. The first kappa shape index (κ1) is 13.2. The maximum absolute atomic E-state index is 11.9. The third kappa shape index (κ3) is 2.61. The number of hydrogen-bond donors (Lipinski definition) is 1. The molecular weight excluding hydrogens is 371 g/mol. The molecule has 1 unspecified atom stereocenters. The monoisotopic (exact) mass is 380 g/mol. The van der Waals surface area contributed by atoms with Gasteiger partial charge in [0.15, 0.2) is 0 Å². The average Bonchev–Trinajstić information content (AvgIpc) is 2.65. The Morgan fingerprint density at radius 1 is 1.41 bits per heavy atom. The van der Waals surface area contributed by atoms with E-state index in [9.17, 15) is 4.79 Å². The number of nitrogens with two attached hydrogens (primary N) is 1. The molecule has 0 radical (unpaired) electrons. The van der Waals surface area contributed by atoms with Crippen molar-refractivity contribution in [3.05, 3.63) is 21.1 Å². The summed E-state index contributed by atoms with van der Waals surface area (Å²) in [6.07, 6.45) is 0.497. The molecule has 1 atom stereocenters. The summed E-state index contributed by atoms with van der Waals surface area (Å²) in [7, 11) is 0. The van der Waals surface area contributed by atoms with Crippen molar-refractivity contribution < 1.29 is 4.79 Å². The lowest BCUT2D eigenvalue weighted by Crippen LogP contribution is -2.25. The third-order valence-electron chi connectivity index (χ3n) is 2.78. The molecule has 0 aromatic heterocycles. The summed E-state index contributed by atoms with van der Waals surface area (Å²) < 4.78 is 1.75. The molecule has 1 aromatic carbocycles. The Bertz CT molecular complexity index is 467. The smallest absolute Gasteiger partial charge is 0.227 e. The van der Waals surface area contributed by atoms with E-state index in [0.29, 0.717) is 24.5 Å². The third-order valence-corrected chi connectivity index (χ3v) is 5.06. The zero-order valence-corrected chi connectivity index (χ0v) is 12.8. The van der Waals surface area contributed by atoms with Crippen molar-refractivity contribution in [2.75, 3.05) is 23.1 Å². The van der Waals surface area contributed by atoms with Gasteiger partial charge in [-0.1, -0.05) is 0 Å². The van der Waals surface area contributed by atoms with E-state index in [1.807, 2.05) is 6.07 Å². The molecule has 92 valence electrons. The number of benzene rings is 1. The van der Waals surface area contributed by atoms with Gasteiger partial charge in [-0.2, -0.15) is 0 Å². The van der Waals surface area contributed by atoms with Gasteiger partial charge in [0.1, 0.15) is 0 Å². The number of anilines is 2. The Labute approximate surface area is 122 Å². The predicted molar refractivity (Wildman–Crippen MR) is 77.4 cm³/mol. The van der Waals surface area contributed by atoms with Crippen molar-refractivity contribution >= 4 is 60.7 Å². The molecular formula is C11H11Br2ClN2O. The van der Waals surface area contributed by atoms with Crippen molar-refractivity contribution in [1.82, 2.24) is 0 Å². The molecule has 0 saturated carbocycles. The summed E-state index contributed by atoms with van der Waals surface area (Å²) in [5.74, 6) is 0.794. The van der Waals surface area contributed by atoms with Crippen molar-refractivity contribution in [2.45, 2.75) is 6.42 Å². The van der Waals surface area contributed by atoms with Gasteiger partial charge < -0.3 is 10.6 Å². The fourth-order valence-electron chi connectivity index (χ4n) is 1.90. The van der Waals surface area contributed by atoms with Crippen LogP contribution in [0.4, 0.5) is 11.4 Å². The first-order valence-corrected chi connectivity index (χ1v) is 7.25. The van der Waals surface area contributed by atoms with E-state index in [1.54, 1.807) is 11.0 Å². The van der Waals surface area contributed by atoms with Crippen molar-refractivity contribution in [2.24, 2.45) is 5.92 Å². The summed E-state index contributed by atoms with van der Waals surface area (Å²) in [5.41, 5.74) is 7.28. The molecule has 1 amide bonds. The maximum atomic E-state index is 11.9. The van der Waals surface area contributed by atoms with E-state index >= 15 is 0 Å². The Morgan fingerprint density at radius 2 is 2.06 bits per heavy atom. The number of alkyl halides is 1. The van der Waals surface area contributed by atoms with Crippen LogP contribution in [0, 0.1) is 5.92 Å². The molecule has 1 heterocycles. The highest BCUT2D eigenvalue weighted by Crippen LogP contribution is 2.36. The Kier molecular flexibility index (Phi) is 4.00. The number of nitrogen functional groups attached to an aromatic ring is 1. The lowest BCUT2D eigenvalue weighted by molar-refractivity contribution is -0.117. The highest BCUT2D eigenvalue weighted by atomic mass is 79.9. The first-order chi connectivity index (χ1) is 8.02. The summed E-state index contributed by atoms with van der Waals surface area (Å²) in [6.45, 7) is 0.639. The maximum Gasteiger partial charge on any atom is 0.227 e. The highest BCUT2D eigenvalue weighted by Gasteiger charge is 2.31. The normalized spacial score (nSPS) is 20.1. The quantitative estimate of drug-likeness (QED) is 0.630. The standard InChI is InChI=1S/C11H11Br2ClN2O/c12-7-2-9(15)10(3-8(7)13)16-5-6(4-14)1-11(16)17/h2-3,6H,1,4-5,15H2. The van der Waals surface area contributed by atoms with E-state index in [0.717, 1.165) is 14.6 Å². The molecule has 0 bridgehead atoms. The molecule has 0 aliphatic carbocycles. The molecule has 0 spiro atoms. The SMILES string of the molecule is Nc1cc(Br)c(Br)cc1N1CC(CCl)CC1=O. The second kappa shape index (κ2) is 5.16. The van der Waals surface area contributed by atoms with Crippen LogP contribution in [-0.4, -0.2) is 18.3 Å². The number of hydrogen-bond acceptors (Lipinski definition) is 2. The molecule has 1 aliphatic rings. The summed E-state index contributed by atoms with van der Waals surface area (Å²) >= 11 is 12.6. The molecule has 2 N–H and O–H groups in total. The van der Waals surface area contributed by atoms with Gasteiger partial charge in [-0.05, 0) is 49.9 Å². The van der Waals surface area contributed by atoms with Crippen molar-refractivity contribution in [3.63, 3.8) is 0 Å². The van der Waals surface area contributed by atoms with Crippen LogP contribution in [0.3, 0.4) is 0 Å². The van der Waals surface area contributed by atoms with E-state index in [2.05, 4.69) is 31.9 Å². The van der Waals surface area contributed by atoms with Gasteiger partial charge in [0, 0.05) is 27.8 Å². The first-order valence-electron chi connectivity index (χ1n) is 5.13. The van der Waals surface area contributed by atoms with Crippen LogP contribution >= 0.6 is 43.5 Å². The van der Waals surface area contributed by atoms with Gasteiger partial charge in [-0.3, -0.25) is 4.79 Å². The molecule has 1 fully saturated rings. The van der Waals surface area contributed by atoms with Gasteiger partial charge in [0.25, 0.3) is 0 Å². The predicted octanol–water partition coefficient (Wildman–Crippen LogP) is 3.39. The number of carbonyl (C=O) groups excluding carboxylic acids is 1. The zero-order chi connectivity index (χ0) is 12.6. The fraction of sp³-hybridized carbons (Fsp3) is 0.364. The molecule has 6 heteroatoms. The van der Waals surface area contributed by atoms with Crippen LogP contribution < -0.4 is 10.6 Å². The Morgan fingerprint density at radius 3 is 2.65 bits per heavy atom. The second-order valence-corrected chi connectivity index (χ2v) is 6.07. The van der Waals surface area contributed by atoms with Crippen LogP contribution in [0.15, 0.2) is 21.1 Å². The number of halogens is 3. The summed E-state index contributed by atoms with van der Waals surface area (Å²) in [4.78, 5) is 13.6. The number of rotatable bonds is 2.